The lowest BCUT2D eigenvalue weighted by Crippen LogP contribution is -2.35. The minimum Gasteiger partial charge on any atom is -0.492 e. The van der Waals surface area contributed by atoms with Crippen LogP contribution in [0.3, 0.4) is 0 Å². The highest BCUT2D eigenvalue weighted by atomic mass is 32.2. The highest BCUT2D eigenvalue weighted by Crippen LogP contribution is 2.22. The van der Waals surface area contributed by atoms with E-state index in [0.29, 0.717) is 32.0 Å². The summed E-state index contributed by atoms with van der Waals surface area (Å²) in [5.41, 5.74) is 0. The number of piperidine rings is 1. The Morgan fingerprint density at radius 1 is 1.17 bits per heavy atom. The minimum absolute atomic E-state index is 0.0169. The van der Waals surface area contributed by atoms with Crippen LogP contribution in [0.15, 0.2) is 29.2 Å². The van der Waals surface area contributed by atoms with Crippen LogP contribution in [-0.2, 0) is 19.6 Å². The number of rotatable bonds is 8. The number of hydrogen-bond acceptors (Lipinski definition) is 5. The number of nitrogens with zero attached hydrogens (tertiary/aromatic N) is 1. The number of hydrogen-bond donors (Lipinski definition) is 1. The largest absolute Gasteiger partial charge is 0.492 e. The summed E-state index contributed by atoms with van der Waals surface area (Å²) in [6, 6.07) is 6.38. The smallest absolute Gasteiger partial charge is 0.246 e. The fourth-order valence-corrected chi connectivity index (χ4v) is 4.02. The van der Waals surface area contributed by atoms with Crippen molar-refractivity contribution in [2.45, 2.75) is 24.2 Å². The monoisotopic (exact) mass is 356 g/mol. The highest BCUT2D eigenvalue weighted by molar-refractivity contribution is 7.89. The molecule has 8 heteroatoms. The van der Waals surface area contributed by atoms with Crippen molar-refractivity contribution in [1.82, 2.24) is 9.62 Å². The average Bonchev–Trinajstić information content (AvgIpc) is 2.60. The molecule has 0 spiro atoms. The van der Waals surface area contributed by atoms with E-state index in [1.54, 1.807) is 24.3 Å². The lowest BCUT2D eigenvalue weighted by atomic mass is 10.2. The van der Waals surface area contributed by atoms with Gasteiger partial charge in [-0.15, -0.1) is 0 Å². The summed E-state index contributed by atoms with van der Waals surface area (Å²) in [4.78, 5) is 11.5. The zero-order chi connectivity index (χ0) is 17.4. The Balaban J connectivity index is 1.85. The van der Waals surface area contributed by atoms with Crippen molar-refractivity contribution in [2.24, 2.45) is 0 Å². The van der Waals surface area contributed by atoms with Gasteiger partial charge in [-0.3, -0.25) is 4.79 Å². The molecule has 0 aliphatic carbocycles. The predicted octanol–water partition coefficient (Wildman–Crippen LogP) is 1.00. The van der Waals surface area contributed by atoms with E-state index in [2.05, 4.69) is 5.32 Å². The van der Waals surface area contributed by atoms with Gasteiger partial charge in [0.25, 0.3) is 0 Å². The fraction of sp³-hybridized carbons (Fsp3) is 0.562. The third-order valence-corrected chi connectivity index (χ3v) is 5.66. The van der Waals surface area contributed by atoms with Crippen molar-refractivity contribution in [3.05, 3.63) is 24.3 Å². The summed E-state index contributed by atoms with van der Waals surface area (Å²) < 4.78 is 36.8. The number of methoxy groups -OCH3 is 1. The minimum atomic E-state index is -3.41. The SMILES string of the molecule is COCC(=O)NCCOc1ccc(S(=O)(=O)N2CCCCC2)cc1. The summed E-state index contributed by atoms with van der Waals surface area (Å²) in [5.74, 6) is 0.359. The molecule has 0 atom stereocenters. The fourth-order valence-electron chi connectivity index (χ4n) is 2.50. The molecule has 134 valence electrons. The molecule has 7 nitrogen and oxygen atoms in total. The molecule has 0 radical (unpaired) electrons. The maximum Gasteiger partial charge on any atom is 0.246 e. The van der Waals surface area contributed by atoms with Gasteiger partial charge in [-0.25, -0.2) is 8.42 Å². The van der Waals surface area contributed by atoms with E-state index in [-0.39, 0.29) is 17.4 Å². The maximum atomic E-state index is 12.5. The number of ether oxygens (including phenoxy) is 2. The van der Waals surface area contributed by atoms with E-state index in [0.717, 1.165) is 19.3 Å². The van der Waals surface area contributed by atoms with Crippen LogP contribution in [0.1, 0.15) is 19.3 Å². The molecule has 0 saturated carbocycles. The first-order valence-corrected chi connectivity index (χ1v) is 9.46. The van der Waals surface area contributed by atoms with Crippen LogP contribution in [0.2, 0.25) is 0 Å². The van der Waals surface area contributed by atoms with Crippen molar-refractivity contribution in [3.63, 3.8) is 0 Å². The maximum absolute atomic E-state index is 12.5. The quantitative estimate of drug-likeness (QED) is 0.703. The van der Waals surface area contributed by atoms with Gasteiger partial charge in [-0.1, -0.05) is 6.42 Å². The van der Waals surface area contributed by atoms with E-state index < -0.39 is 10.0 Å². The Kier molecular flexibility index (Phi) is 7.01. The van der Waals surface area contributed by atoms with Gasteiger partial charge in [0, 0.05) is 20.2 Å². The summed E-state index contributed by atoms with van der Waals surface area (Å²) >= 11 is 0. The van der Waals surface area contributed by atoms with E-state index in [1.807, 2.05) is 0 Å². The van der Waals surface area contributed by atoms with Gasteiger partial charge >= 0.3 is 0 Å². The van der Waals surface area contributed by atoms with Gasteiger partial charge in [0.2, 0.25) is 15.9 Å². The summed E-state index contributed by atoms with van der Waals surface area (Å²) in [7, 11) is -1.96. The molecular formula is C16H24N2O5S. The summed E-state index contributed by atoms with van der Waals surface area (Å²) in [5, 5.41) is 2.64. The van der Waals surface area contributed by atoms with Crippen molar-refractivity contribution in [3.8, 4) is 5.75 Å². The second-order valence-corrected chi connectivity index (χ2v) is 7.51. The average molecular weight is 356 g/mol. The number of sulfonamides is 1. The number of carbonyl (C=O) groups is 1. The van der Waals surface area contributed by atoms with Crippen molar-refractivity contribution in [2.75, 3.05) is 40.0 Å². The number of carbonyl (C=O) groups excluding carboxylic acids is 1. The molecule has 24 heavy (non-hydrogen) atoms. The molecule has 2 rings (SSSR count). The lowest BCUT2D eigenvalue weighted by molar-refractivity contribution is -0.124. The van der Waals surface area contributed by atoms with E-state index >= 15 is 0 Å². The third-order valence-electron chi connectivity index (χ3n) is 3.74. The van der Waals surface area contributed by atoms with Gasteiger partial charge < -0.3 is 14.8 Å². The molecule has 0 bridgehead atoms. The topological polar surface area (TPSA) is 84.9 Å². The Labute approximate surface area is 143 Å². The van der Waals surface area contributed by atoms with Crippen LogP contribution in [-0.4, -0.2) is 58.6 Å². The van der Waals surface area contributed by atoms with Crippen LogP contribution in [0.25, 0.3) is 0 Å². The van der Waals surface area contributed by atoms with Crippen LogP contribution < -0.4 is 10.1 Å². The Morgan fingerprint density at radius 3 is 2.46 bits per heavy atom. The molecule has 1 aliphatic rings. The van der Waals surface area contributed by atoms with Crippen LogP contribution in [0.4, 0.5) is 0 Å². The van der Waals surface area contributed by atoms with E-state index in [9.17, 15) is 13.2 Å². The zero-order valence-corrected chi connectivity index (χ0v) is 14.7. The molecule has 1 aromatic carbocycles. The second-order valence-electron chi connectivity index (χ2n) is 5.57. The Morgan fingerprint density at radius 2 is 1.83 bits per heavy atom. The van der Waals surface area contributed by atoms with Crippen LogP contribution >= 0.6 is 0 Å². The first-order chi connectivity index (χ1) is 11.5. The van der Waals surface area contributed by atoms with Gasteiger partial charge in [-0.05, 0) is 37.1 Å². The zero-order valence-electron chi connectivity index (χ0n) is 13.9. The molecule has 0 aromatic heterocycles. The molecule has 1 fully saturated rings. The third kappa shape index (κ3) is 5.19. The van der Waals surface area contributed by atoms with Gasteiger partial charge in [-0.2, -0.15) is 4.31 Å². The van der Waals surface area contributed by atoms with Gasteiger partial charge in [0.05, 0.1) is 11.4 Å². The predicted molar refractivity (Wildman–Crippen MR) is 89.4 cm³/mol. The molecule has 1 heterocycles. The molecule has 1 aromatic rings. The number of amides is 1. The molecule has 1 N–H and O–H groups in total. The molecule has 1 aliphatic heterocycles. The Bertz CT molecular complexity index is 624. The molecule has 1 amide bonds. The molecule has 1 saturated heterocycles. The standard InChI is InChI=1S/C16H24N2O5S/c1-22-13-16(19)17-9-12-23-14-5-7-15(8-6-14)24(20,21)18-10-3-2-4-11-18/h5-8H,2-4,9-13H2,1H3,(H,17,19). The molecule has 0 unspecified atom stereocenters. The van der Waals surface area contributed by atoms with E-state index in [1.165, 1.54) is 11.4 Å². The Hall–Kier alpha value is -1.64. The lowest BCUT2D eigenvalue weighted by Gasteiger charge is -2.25. The first kappa shape index (κ1) is 18.7. The number of nitrogens with one attached hydrogen (secondary N) is 1. The van der Waals surface area contributed by atoms with Gasteiger partial charge in [0.15, 0.2) is 0 Å². The highest BCUT2D eigenvalue weighted by Gasteiger charge is 2.25. The van der Waals surface area contributed by atoms with E-state index in [4.69, 9.17) is 9.47 Å². The summed E-state index contributed by atoms with van der Waals surface area (Å²) in [6.45, 7) is 1.84. The van der Waals surface area contributed by atoms with Gasteiger partial charge in [0.1, 0.15) is 19.0 Å². The second kappa shape index (κ2) is 9.00. The first-order valence-electron chi connectivity index (χ1n) is 8.02. The summed E-state index contributed by atoms with van der Waals surface area (Å²) in [6.07, 6.45) is 2.91. The molecular weight excluding hydrogens is 332 g/mol. The van der Waals surface area contributed by atoms with Crippen LogP contribution in [0.5, 0.6) is 5.75 Å². The normalized spacial score (nSPS) is 15.9. The van der Waals surface area contributed by atoms with Crippen molar-refractivity contribution >= 4 is 15.9 Å². The van der Waals surface area contributed by atoms with Crippen LogP contribution in [0, 0.1) is 0 Å². The van der Waals surface area contributed by atoms with Crippen molar-refractivity contribution < 1.29 is 22.7 Å². The number of benzene rings is 1. The van der Waals surface area contributed by atoms with Crippen molar-refractivity contribution in [1.29, 1.82) is 0 Å².